The smallest absolute Gasteiger partial charge is 0.303 e. The number of carbonyl (C=O) groups excluding carboxylic acids is 1. The molecule has 0 saturated heterocycles. The number of aliphatic carboxylic acids is 1. The van der Waals surface area contributed by atoms with Crippen molar-refractivity contribution >= 4 is 11.9 Å². The number of H-pyrrole nitrogens is 1. The number of amides is 1. The summed E-state index contributed by atoms with van der Waals surface area (Å²) >= 11 is 0. The summed E-state index contributed by atoms with van der Waals surface area (Å²) in [5.41, 5.74) is 0. The highest BCUT2D eigenvalue weighted by Gasteiger charge is 2.12. The maximum absolute atomic E-state index is 11.7. The summed E-state index contributed by atoms with van der Waals surface area (Å²) in [5.74, 6) is -0.00477. The summed E-state index contributed by atoms with van der Waals surface area (Å²) in [6.45, 7) is 4.39. The molecule has 19 heavy (non-hydrogen) atoms. The molecule has 7 heteroatoms. The van der Waals surface area contributed by atoms with Crippen molar-refractivity contribution in [1.29, 1.82) is 0 Å². The Morgan fingerprint density at radius 1 is 1.42 bits per heavy atom. The van der Waals surface area contributed by atoms with Crippen molar-refractivity contribution in [2.24, 2.45) is 5.92 Å². The number of nitrogens with zero attached hydrogens (tertiary/aromatic N) is 2. The number of hydrogen-bond donors (Lipinski definition) is 3. The van der Waals surface area contributed by atoms with Gasteiger partial charge in [0.1, 0.15) is 5.82 Å². The normalized spacial score (nSPS) is 12.1. The number of carboxylic acid groups (broad SMARTS) is 1. The van der Waals surface area contributed by atoms with Gasteiger partial charge in [0, 0.05) is 19.4 Å². The lowest BCUT2D eigenvalue weighted by Gasteiger charge is -2.09. The number of aromatic amines is 1. The molecule has 1 unspecified atom stereocenters. The van der Waals surface area contributed by atoms with Gasteiger partial charge >= 0.3 is 5.97 Å². The molecule has 1 amide bonds. The molecule has 0 saturated carbocycles. The summed E-state index contributed by atoms with van der Waals surface area (Å²) in [6.07, 6.45) is 2.22. The number of carboxylic acids is 1. The number of hydrogen-bond acceptors (Lipinski definition) is 4. The molecule has 0 bridgehead atoms. The minimum absolute atomic E-state index is 0.148. The lowest BCUT2D eigenvalue weighted by atomic mass is 10.0. The maximum atomic E-state index is 11.7. The van der Waals surface area contributed by atoms with Crippen LogP contribution in [0.3, 0.4) is 0 Å². The molecule has 1 aromatic rings. The highest BCUT2D eigenvalue weighted by molar-refractivity contribution is 5.90. The van der Waals surface area contributed by atoms with Crippen molar-refractivity contribution in [3.8, 4) is 0 Å². The number of rotatable bonds is 8. The third-order valence-corrected chi connectivity index (χ3v) is 2.84. The summed E-state index contributed by atoms with van der Waals surface area (Å²) < 4.78 is 0. The number of aryl methyl sites for hydroxylation is 1. The van der Waals surface area contributed by atoms with Gasteiger partial charge in [-0.1, -0.05) is 13.8 Å². The van der Waals surface area contributed by atoms with Crippen molar-refractivity contribution in [2.45, 2.75) is 39.5 Å². The molecule has 0 fully saturated rings. The van der Waals surface area contributed by atoms with Crippen LogP contribution in [0, 0.1) is 5.92 Å². The Labute approximate surface area is 111 Å². The molecule has 0 aliphatic rings. The monoisotopic (exact) mass is 268 g/mol. The maximum Gasteiger partial charge on any atom is 0.303 e. The van der Waals surface area contributed by atoms with Crippen LogP contribution in [0.2, 0.25) is 0 Å². The van der Waals surface area contributed by atoms with Crippen LogP contribution in [0.4, 0.5) is 0 Å². The summed E-state index contributed by atoms with van der Waals surface area (Å²) in [6, 6.07) is 0. The minimum atomic E-state index is -0.788. The van der Waals surface area contributed by atoms with Crippen molar-refractivity contribution in [2.75, 3.05) is 6.54 Å². The summed E-state index contributed by atoms with van der Waals surface area (Å²) in [5, 5.41) is 17.8. The molecule has 3 N–H and O–H groups in total. The standard InChI is InChI=1S/C12H20N4O3/c1-3-9-14-11(16-15-9)12(19)13-7-6-8(2)4-5-10(17)18/h8H,3-7H2,1-2H3,(H,13,19)(H,17,18)(H,14,15,16). The van der Waals surface area contributed by atoms with Gasteiger partial charge in [-0.2, -0.15) is 0 Å². The molecule has 0 spiro atoms. The molecule has 1 rings (SSSR count). The number of aromatic nitrogens is 3. The van der Waals surface area contributed by atoms with E-state index in [-0.39, 0.29) is 24.1 Å². The van der Waals surface area contributed by atoms with E-state index in [0.29, 0.717) is 25.2 Å². The Balaban J connectivity index is 2.25. The van der Waals surface area contributed by atoms with Crippen LogP contribution in [-0.4, -0.2) is 38.7 Å². The average molecular weight is 268 g/mol. The molecular weight excluding hydrogens is 248 g/mol. The summed E-state index contributed by atoms with van der Waals surface area (Å²) in [7, 11) is 0. The Bertz CT molecular complexity index is 430. The zero-order chi connectivity index (χ0) is 14.3. The number of carbonyl (C=O) groups is 2. The predicted molar refractivity (Wildman–Crippen MR) is 68.7 cm³/mol. The SMILES string of the molecule is CCc1nc(C(=O)NCCC(C)CCC(=O)O)n[nH]1. The largest absolute Gasteiger partial charge is 0.481 e. The van der Waals surface area contributed by atoms with Crippen molar-refractivity contribution in [3.05, 3.63) is 11.6 Å². The van der Waals surface area contributed by atoms with E-state index in [9.17, 15) is 9.59 Å². The molecule has 1 heterocycles. The highest BCUT2D eigenvalue weighted by atomic mass is 16.4. The van der Waals surface area contributed by atoms with Crippen molar-refractivity contribution < 1.29 is 14.7 Å². The van der Waals surface area contributed by atoms with E-state index in [4.69, 9.17) is 5.11 Å². The fourth-order valence-electron chi connectivity index (χ4n) is 1.58. The lowest BCUT2D eigenvalue weighted by molar-refractivity contribution is -0.137. The lowest BCUT2D eigenvalue weighted by Crippen LogP contribution is -2.26. The third kappa shape index (κ3) is 5.50. The Morgan fingerprint density at radius 2 is 2.16 bits per heavy atom. The molecule has 1 atom stereocenters. The molecule has 106 valence electrons. The van der Waals surface area contributed by atoms with E-state index in [1.807, 2.05) is 13.8 Å². The van der Waals surface area contributed by atoms with E-state index in [2.05, 4.69) is 20.5 Å². The van der Waals surface area contributed by atoms with Crippen LogP contribution < -0.4 is 5.32 Å². The average Bonchev–Trinajstić information content (AvgIpc) is 2.85. The molecule has 7 nitrogen and oxygen atoms in total. The van der Waals surface area contributed by atoms with Gasteiger partial charge in [-0.25, -0.2) is 4.98 Å². The first kappa shape index (κ1) is 15.1. The van der Waals surface area contributed by atoms with Crippen molar-refractivity contribution in [1.82, 2.24) is 20.5 Å². The van der Waals surface area contributed by atoms with Gasteiger partial charge < -0.3 is 10.4 Å². The van der Waals surface area contributed by atoms with E-state index in [0.717, 1.165) is 6.42 Å². The molecule has 0 aliphatic heterocycles. The Kier molecular flexibility index (Phi) is 5.98. The molecular formula is C12H20N4O3. The second kappa shape index (κ2) is 7.50. The van der Waals surface area contributed by atoms with Gasteiger partial charge in [-0.3, -0.25) is 14.7 Å². The van der Waals surface area contributed by atoms with Gasteiger partial charge in [0.15, 0.2) is 0 Å². The first-order chi connectivity index (χ1) is 9.02. The molecule has 0 radical (unpaired) electrons. The minimum Gasteiger partial charge on any atom is -0.481 e. The van der Waals surface area contributed by atoms with Gasteiger partial charge in [0.05, 0.1) is 0 Å². The van der Waals surface area contributed by atoms with Crippen LogP contribution in [0.15, 0.2) is 0 Å². The van der Waals surface area contributed by atoms with Crippen molar-refractivity contribution in [3.63, 3.8) is 0 Å². The van der Waals surface area contributed by atoms with Gasteiger partial charge in [-0.15, -0.1) is 5.10 Å². The summed E-state index contributed by atoms with van der Waals surface area (Å²) in [4.78, 5) is 26.1. The van der Waals surface area contributed by atoms with Crippen LogP contribution in [0.25, 0.3) is 0 Å². The first-order valence-corrected chi connectivity index (χ1v) is 6.44. The van der Waals surface area contributed by atoms with E-state index in [1.54, 1.807) is 0 Å². The molecule has 0 aliphatic carbocycles. The first-order valence-electron chi connectivity index (χ1n) is 6.44. The van der Waals surface area contributed by atoms with Crippen LogP contribution in [0.5, 0.6) is 0 Å². The van der Waals surface area contributed by atoms with E-state index in [1.165, 1.54) is 0 Å². The van der Waals surface area contributed by atoms with Gasteiger partial charge in [0.25, 0.3) is 5.91 Å². The quantitative estimate of drug-likeness (QED) is 0.651. The zero-order valence-corrected chi connectivity index (χ0v) is 11.3. The Morgan fingerprint density at radius 3 is 2.74 bits per heavy atom. The Hall–Kier alpha value is -1.92. The van der Waals surface area contributed by atoms with Gasteiger partial charge in [-0.05, 0) is 18.8 Å². The van der Waals surface area contributed by atoms with E-state index >= 15 is 0 Å². The predicted octanol–water partition coefficient (Wildman–Crippen LogP) is 0.988. The van der Waals surface area contributed by atoms with Crippen LogP contribution >= 0.6 is 0 Å². The second-order valence-corrected chi connectivity index (χ2v) is 4.54. The highest BCUT2D eigenvalue weighted by Crippen LogP contribution is 2.09. The molecule has 1 aromatic heterocycles. The van der Waals surface area contributed by atoms with E-state index < -0.39 is 5.97 Å². The fraction of sp³-hybridized carbons (Fsp3) is 0.667. The van der Waals surface area contributed by atoms with Crippen LogP contribution in [-0.2, 0) is 11.2 Å². The molecule has 0 aromatic carbocycles. The zero-order valence-electron chi connectivity index (χ0n) is 11.3. The number of nitrogens with one attached hydrogen (secondary N) is 2. The fourth-order valence-corrected chi connectivity index (χ4v) is 1.58. The second-order valence-electron chi connectivity index (χ2n) is 4.54. The van der Waals surface area contributed by atoms with Crippen LogP contribution in [0.1, 0.15) is 49.6 Å². The third-order valence-electron chi connectivity index (χ3n) is 2.84. The van der Waals surface area contributed by atoms with Gasteiger partial charge in [0.2, 0.25) is 5.82 Å². The topological polar surface area (TPSA) is 108 Å².